The van der Waals surface area contributed by atoms with Gasteiger partial charge in [-0.3, -0.25) is 4.57 Å². The second-order valence-electron chi connectivity index (χ2n) is 5.91. The monoisotopic (exact) mass is 386 g/mol. The number of sulfonamides is 1. The summed E-state index contributed by atoms with van der Waals surface area (Å²) in [4.78, 5) is 12.4. The fraction of sp³-hybridized carbons (Fsp3) is 0.643. The van der Waals surface area contributed by atoms with Crippen LogP contribution in [0.1, 0.15) is 6.42 Å². The van der Waals surface area contributed by atoms with E-state index in [1.807, 2.05) is 0 Å². The van der Waals surface area contributed by atoms with Crippen LogP contribution in [-0.4, -0.2) is 73.8 Å². The number of nitrogens with one attached hydrogen (secondary N) is 1. The van der Waals surface area contributed by atoms with Crippen LogP contribution in [0.5, 0.6) is 0 Å². The van der Waals surface area contributed by atoms with E-state index in [-0.39, 0.29) is 24.6 Å². The van der Waals surface area contributed by atoms with Gasteiger partial charge in [0, 0.05) is 14.2 Å². The van der Waals surface area contributed by atoms with Crippen LogP contribution in [-0.2, 0) is 30.0 Å². The van der Waals surface area contributed by atoms with E-state index in [1.54, 1.807) is 10.9 Å². The van der Waals surface area contributed by atoms with Gasteiger partial charge in [-0.25, -0.2) is 28.1 Å². The SMILES string of the molecule is CNS(=O)(=O)CC[C@H]1OC[C@](OC)(n2cnc3c(N)ncnc32)[C@@H]1OC. The van der Waals surface area contributed by atoms with E-state index in [0.29, 0.717) is 11.2 Å². The molecule has 0 saturated carbocycles. The van der Waals surface area contributed by atoms with Crippen molar-refractivity contribution in [2.24, 2.45) is 0 Å². The molecular weight excluding hydrogens is 364 g/mol. The second-order valence-corrected chi connectivity index (χ2v) is 7.96. The normalized spacial score (nSPS) is 26.6. The molecule has 11 nitrogen and oxygen atoms in total. The molecule has 2 aromatic heterocycles. The molecule has 3 atom stereocenters. The molecule has 0 aromatic carbocycles. The molecule has 1 saturated heterocycles. The highest BCUT2D eigenvalue weighted by atomic mass is 32.2. The van der Waals surface area contributed by atoms with Crippen molar-refractivity contribution in [1.29, 1.82) is 0 Å². The molecule has 3 N–H and O–H groups in total. The minimum absolute atomic E-state index is 0.0897. The quantitative estimate of drug-likeness (QED) is 0.616. The number of hydrogen-bond acceptors (Lipinski definition) is 9. The van der Waals surface area contributed by atoms with Crippen LogP contribution in [0, 0.1) is 0 Å². The zero-order chi connectivity index (χ0) is 18.9. The van der Waals surface area contributed by atoms with Gasteiger partial charge in [0.15, 0.2) is 17.2 Å². The standard InChI is InChI=1S/C14H22N6O5S/c1-16-26(21,22)5-4-9-11(23-2)14(24-3,6-25-9)20-8-19-10-12(15)17-7-18-13(10)20/h7-9,11,16H,4-6H2,1-3H3,(H2,15,17,18)/t9-,11-,14-/m1/s1. The van der Waals surface area contributed by atoms with Crippen molar-refractivity contribution in [3.05, 3.63) is 12.7 Å². The molecular formula is C14H22N6O5S. The fourth-order valence-corrected chi connectivity index (χ4v) is 3.99. The zero-order valence-corrected chi connectivity index (χ0v) is 15.6. The molecule has 12 heteroatoms. The van der Waals surface area contributed by atoms with Crippen LogP contribution in [0.25, 0.3) is 11.2 Å². The molecule has 3 heterocycles. The Balaban J connectivity index is 1.96. The Kier molecular flexibility index (Phi) is 5.12. The molecule has 0 spiro atoms. The minimum Gasteiger partial charge on any atom is -0.382 e. The van der Waals surface area contributed by atoms with Gasteiger partial charge in [0.05, 0.1) is 24.8 Å². The van der Waals surface area contributed by atoms with Gasteiger partial charge in [0.25, 0.3) is 0 Å². The summed E-state index contributed by atoms with van der Waals surface area (Å²) >= 11 is 0. The van der Waals surface area contributed by atoms with Gasteiger partial charge in [0.2, 0.25) is 10.0 Å². The van der Waals surface area contributed by atoms with Crippen LogP contribution < -0.4 is 10.5 Å². The molecule has 26 heavy (non-hydrogen) atoms. The van der Waals surface area contributed by atoms with Gasteiger partial charge in [0.1, 0.15) is 17.9 Å². The van der Waals surface area contributed by atoms with Crippen molar-refractivity contribution in [1.82, 2.24) is 24.2 Å². The van der Waals surface area contributed by atoms with E-state index in [2.05, 4.69) is 19.7 Å². The van der Waals surface area contributed by atoms with E-state index in [4.69, 9.17) is 19.9 Å². The molecule has 144 valence electrons. The van der Waals surface area contributed by atoms with Crippen LogP contribution >= 0.6 is 0 Å². The maximum absolute atomic E-state index is 11.7. The van der Waals surface area contributed by atoms with Gasteiger partial charge in [-0.05, 0) is 13.5 Å². The summed E-state index contributed by atoms with van der Waals surface area (Å²) in [5, 5.41) is 0. The minimum atomic E-state index is -3.36. The average Bonchev–Trinajstić information content (AvgIpc) is 3.22. The number of anilines is 1. The zero-order valence-electron chi connectivity index (χ0n) is 14.7. The molecule has 1 aliphatic heterocycles. The van der Waals surface area contributed by atoms with Gasteiger partial charge >= 0.3 is 0 Å². The average molecular weight is 386 g/mol. The van der Waals surface area contributed by atoms with Crippen LogP contribution in [0.4, 0.5) is 5.82 Å². The van der Waals surface area contributed by atoms with Gasteiger partial charge in [-0.15, -0.1) is 0 Å². The summed E-state index contributed by atoms with van der Waals surface area (Å²) in [7, 11) is 1.06. The summed E-state index contributed by atoms with van der Waals surface area (Å²) in [6, 6.07) is 0. The summed E-state index contributed by atoms with van der Waals surface area (Å²) < 4.78 is 44.7. The third-order valence-electron chi connectivity index (χ3n) is 4.65. The lowest BCUT2D eigenvalue weighted by atomic mass is 10.0. The Morgan fingerprint density at radius 1 is 1.42 bits per heavy atom. The number of fused-ring (bicyclic) bond motifs is 1. The summed E-state index contributed by atoms with van der Waals surface area (Å²) in [6.45, 7) is 0.141. The molecule has 0 aliphatic carbocycles. The van der Waals surface area contributed by atoms with E-state index >= 15 is 0 Å². The molecule has 0 amide bonds. The topological polar surface area (TPSA) is 143 Å². The maximum atomic E-state index is 11.7. The largest absolute Gasteiger partial charge is 0.382 e. The predicted molar refractivity (Wildman–Crippen MR) is 92.7 cm³/mol. The third kappa shape index (κ3) is 3.03. The van der Waals surface area contributed by atoms with E-state index < -0.39 is 28.0 Å². The highest BCUT2D eigenvalue weighted by molar-refractivity contribution is 7.89. The number of hydrogen-bond donors (Lipinski definition) is 2. The highest BCUT2D eigenvalue weighted by Gasteiger charge is 2.53. The Bertz CT molecular complexity index is 887. The van der Waals surface area contributed by atoms with E-state index in [1.165, 1.54) is 27.6 Å². The summed E-state index contributed by atoms with van der Waals surface area (Å²) in [5.41, 5.74) is 5.72. The molecule has 0 unspecified atom stereocenters. The number of rotatable bonds is 7. The van der Waals surface area contributed by atoms with Crippen molar-refractivity contribution >= 4 is 27.0 Å². The molecule has 0 bridgehead atoms. The van der Waals surface area contributed by atoms with Crippen molar-refractivity contribution in [3.8, 4) is 0 Å². The van der Waals surface area contributed by atoms with Crippen molar-refractivity contribution in [2.75, 3.05) is 39.4 Å². The Labute approximate surface area is 150 Å². The fourth-order valence-electron chi connectivity index (χ4n) is 3.24. The highest BCUT2D eigenvalue weighted by Crippen LogP contribution is 2.38. The third-order valence-corrected chi connectivity index (χ3v) is 6.04. The molecule has 2 aromatic rings. The summed E-state index contributed by atoms with van der Waals surface area (Å²) in [6.07, 6.45) is 2.07. The first-order valence-electron chi connectivity index (χ1n) is 7.93. The number of aromatic nitrogens is 4. The number of nitrogen functional groups attached to an aromatic ring is 1. The molecule has 0 radical (unpaired) electrons. The van der Waals surface area contributed by atoms with Gasteiger partial charge in [-0.2, -0.15) is 0 Å². The van der Waals surface area contributed by atoms with E-state index in [0.717, 1.165) is 0 Å². The van der Waals surface area contributed by atoms with Crippen LogP contribution in [0.15, 0.2) is 12.7 Å². The predicted octanol–water partition coefficient (Wildman–Crippen LogP) is -0.939. The number of nitrogens with two attached hydrogens (primary N) is 1. The number of ether oxygens (including phenoxy) is 3. The molecule has 3 rings (SSSR count). The lowest BCUT2D eigenvalue weighted by molar-refractivity contribution is -0.147. The Hall–Kier alpha value is -1.86. The van der Waals surface area contributed by atoms with Crippen molar-refractivity contribution < 1.29 is 22.6 Å². The first kappa shape index (κ1) is 18.9. The first-order chi connectivity index (χ1) is 12.4. The maximum Gasteiger partial charge on any atom is 0.211 e. The first-order valence-corrected chi connectivity index (χ1v) is 9.58. The number of nitrogens with zero attached hydrogens (tertiary/aromatic N) is 4. The smallest absolute Gasteiger partial charge is 0.211 e. The van der Waals surface area contributed by atoms with Gasteiger partial charge < -0.3 is 19.9 Å². The van der Waals surface area contributed by atoms with Gasteiger partial charge in [-0.1, -0.05) is 0 Å². The van der Waals surface area contributed by atoms with E-state index in [9.17, 15) is 8.42 Å². The Morgan fingerprint density at radius 2 is 2.19 bits per heavy atom. The lowest BCUT2D eigenvalue weighted by Gasteiger charge is -2.34. The van der Waals surface area contributed by atoms with Crippen LogP contribution in [0.3, 0.4) is 0 Å². The Morgan fingerprint density at radius 3 is 2.85 bits per heavy atom. The van der Waals surface area contributed by atoms with Crippen molar-refractivity contribution in [2.45, 2.75) is 24.4 Å². The second kappa shape index (κ2) is 7.04. The number of imidazole rings is 1. The van der Waals surface area contributed by atoms with Crippen molar-refractivity contribution in [3.63, 3.8) is 0 Å². The lowest BCUT2D eigenvalue weighted by Crippen LogP contribution is -2.49. The number of methoxy groups -OCH3 is 2. The molecule has 1 aliphatic rings. The van der Waals surface area contributed by atoms with Crippen LogP contribution in [0.2, 0.25) is 0 Å². The molecule has 1 fully saturated rings. The summed E-state index contributed by atoms with van der Waals surface area (Å²) in [5.74, 6) is 0.165.